The van der Waals surface area contributed by atoms with Crippen molar-refractivity contribution < 1.29 is 4.39 Å². The Kier molecular flexibility index (Phi) is 1.83. The molecule has 0 radical (unpaired) electrons. The first-order valence-electron chi connectivity index (χ1n) is 5.27. The van der Waals surface area contributed by atoms with E-state index in [2.05, 4.69) is 10.6 Å². The second kappa shape index (κ2) is 3.07. The Balaban J connectivity index is 2.25. The average Bonchev–Trinajstić information content (AvgIpc) is 2.56. The number of benzene rings is 1. The van der Waals surface area contributed by atoms with Crippen LogP contribution in [-0.4, -0.2) is 10.6 Å². The zero-order valence-electron chi connectivity index (χ0n) is 8.41. The predicted octanol–water partition coefficient (Wildman–Crippen LogP) is 2.05. The molecule has 0 spiro atoms. The van der Waals surface area contributed by atoms with E-state index in [1.165, 1.54) is 11.8 Å². The van der Waals surface area contributed by atoms with Crippen LogP contribution in [0, 0.1) is 5.82 Å². The minimum absolute atomic E-state index is 0.178. The van der Waals surface area contributed by atoms with Gasteiger partial charge in [0.1, 0.15) is 5.82 Å². The van der Waals surface area contributed by atoms with Gasteiger partial charge in [0.2, 0.25) is 0 Å². The number of rotatable bonds is 0. The van der Waals surface area contributed by atoms with E-state index in [4.69, 9.17) is 5.73 Å². The van der Waals surface area contributed by atoms with Gasteiger partial charge in [-0.05, 0) is 37.1 Å². The van der Waals surface area contributed by atoms with Crippen molar-refractivity contribution in [3.8, 4) is 0 Å². The minimum atomic E-state index is -0.178. The fourth-order valence-electron chi connectivity index (χ4n) is 2.37. The number of hydrogen-bond acceptors (Lipinski definition) is 1. The van der Waals surface area contributed by atoms with E-state index in [9.17, 15) is 4.39 Å². The van der Waals surface area contributed by atoms with Crippen molar-refractivity contribution in [2.45, 2.75) is 25.4 Å². The lowest BCUT2D eigenvalue weighted by atomic mass is 10.1. The number of aryl methyl sites for hydroxylation is 1. The maximum Gasteiger partial charge on any atom is 0.125 e. The van der Waals surface area contributed by atoms with Gasteiger partial charge in [-0.3, -0.25) is 0 Å². The van der Waals surface area contributed by atoms with E-state index in [0.717, 1.165) is 30.3 Å². The monoisotopic (exact) mass is 204 g/mol. The molecular formula is C12H13FN2. The summed E-state index contributed by atoms with van der Waals surface area (Å²) in [6, 6.07) is 7.28. The molecule has 1 aliphatic heterocycles. The first-order valence-corrected chi connectivity index (χ1v) is 5.27. The third-order valence-electron chi connectivity index (χ3n) is 3.14. The molecule has 0 saturated heterocycles. The average molecular weight is 204 g/mol. The number of nitrogens with two attached hydrogens (primary N) is 1. The second-order valence-corrected chi connectivity index (χ2v) is 4.25. The van der Waals surface area contributed by atoms with Gasteiger partial charge in [0, 0.05) is 23.7 Å². The third-order valence-corrected chi connectivity index (χ3v) is 3.14. The number of aromatic nitrogens is 1. The van der Waals surface area contributed by atoms with E-state index in [0.29, 0.717) is 0 Å². The van der Waals surface area contributed by atoms with Gasteiger partial charge in [0.15, 0.2) is 0 Å². The first-order chi connectivity index (χ1) is 7.24. The number of hydrogen-bond donors (Lipinski definition) is 1. The van der Waals surface area contributed by atoms with Crippen LogP contribution >= 0.6 is 0 Å². The quantitative estimate of drug-likeness (QED) is 0.699. The number of nitrogens with zero attached hydrogens (tertiary/aromatic N) is 1. The van der Waals surface area contributed by atoms with Crippen LogP contribution in [0.5, 0.6) is 0 Å². The summed E-state index contributed by atoms with van der Waals surface area (Å²) in [5, 5.41) is 1.11. The van der Waals surface area contributed by atoms with Crippen LogP contribution in [0.3, 0.4) is 0 Å². The second-order valence-electron chi connectivity index (χ2n) is 4.25. The molecule has 0 bridgehead atoms. The smallest absolute Gasteiger partial charge is 0.125 e. The maximum atomic E-state index is 13.1. The Morgan fingerprint density at radius 2 is 2.20 bits per heavy atom. The molecule has 2 nitrogen and oxygen atoms in total. The van der Waals surface area contributed by atoms with Crippen molar-refractivity contribution >= 4 is 10.9 Å². The first kappa shape index (κ1) is 8.92. The van der Waals surface area contributed by atoms with Crippen LogP contribution in [-0.2, 0) is 13.0 Å². The van der Waals surface area contributed by atoms with Crippen LogP contribution in [0.1, 0.15) is 12.1 Å². The molecule has 0 amide bonds. The summed E-state index contributed by atoms with van der Waals surface area (Å²) in [7, 11) is 0. The molecule has 1 aliphatic rings. The Hall–Kier alpha value is -1.35. The van der Waals surface area contributed by atoms with Gasteiger partial charge >= 0.3 is 0 Å². The maximum absolute atomic E-state index is 13.1. The molecule has 0 aliphatic carbocycles. The Bertz CT molecular complexity index is 516. The normalized spacial score (nSPS) is 20.5. The van der Waals surface area contributed by atoms with E-state index in [1.54, 1.807) is 6.07 Å². The fraction of sp³-hybridized carbons (Fsp3) is 0.333. The predicted molar refractivity (Wildman–Crippen MR) is 58.2 cm³/mol. The lowest BCUT2D eigenvalue weighted by Crippen LogP contribution is -2.31. The van der Waals surface area contributed by atoms with E-state index in [1.807, 2.05) is 6.07 Å². The summed E-state index contributed by atoms with van der Waals surface area (Å²) < 4.78 is 15.3. The third kappa shape index (κ3) is 1.35. The van der Waals surface area contributed by atoms with Gasteiger partial charge in [-0.15, -0.1) is 0 Å². The van der Waals surface area contributed by atoms with Gasteiger partial charge in [0.05, 0.1) is 5.52 Å². The van der Waals surface area contributed by atoms with Gasteiger partial charge in [0.25, 0.3) is 0 Å². The van der Waals surface area contributed by atoms with Crippen molar-refractivity contribution in [1.29, 1.82) is 0 Å². The summed E-state index contributed by atoms with van der Waals surface area (Å²) >= 11 is 0. The molecule has 2 N–H and O–H groups in total. The molecule has 2 aromatic rings. The molecule has 15 heavy (non-hydrogen) atoms. The topological polar surface area (TPSA) is 30.9 Å². The van der Waals surface area contributed by atoms with Crippen molar-refractivity contribution in [3.05, 3.63) is 35.8 Å². The van der Waals surface area contributed by atoms with Crippen molar-refractivity contribution in [3.63, 3.8) is 0 Å². The largest absolute Gasteiger partial charge is 0.343 e. The molecule has 1 aromatic carbocycles. The zero-order valence-corrected chi connectivity index (χ0v) is 8.41. The fourth-order valence-corrected chi connectivity index (χ4v) is 2.37. The minimum Gasteiger partial charge on any atom is -0.343 e. The summed E-state index contributed by atoms with van der Waals surface area (Å²) in [6.45, 7) is 0.808. The molecule has 1 atom stereocenters. The molecule has 0 fully saturated rings. The standard InChI is InChI=1S/C12H13FN2/c13-9-2-1-8-5-11-4-3-10(14)7-15(11)12(8)6-9/h1-2,5-6,10H,3-4,7,14H2. The van der Waals surface area contributed by atoms with Crippen molar-refractivity contribution in [2.75, 3.05) is 0 Å². The molecule has 3 heteroatoms. The van der Waals surface area contributed by atoms with Gasteiger partial charge in [-0.25, -0.2) is 4.39 Å². The van der Waals surface area contributed by atoms with E-state index >= 15 is 0 Å². The van der Waals surface area contributed by atoms with Crippen LogP contribution in [0.4, 0.5) is 4.39 Å². The van der Waals surface area contributed by atoms with E-state index < -0.39 is 0 Å². The molecular weight excluding hydrogens is 191 g/mol. The summed E-state index contributed by atoms with van der Waals surface area (Å²) in [4.78, 5) is 0. The van der Waals surface area contributed by atoms with Crippen molar-refractivity contribution in [1.82, 2.24) is 4.57 Å². The van der Waals surface area contributed by atoms with Crippen LogP contribution < -0.4 is 5.73 Å². The van der Waals surface area contributed by atoms with E-state index in [-0.39, 0.29) is 11.9 Å². The molecule has 1 aromatic heterocycles. The summed E-state index contributed by atoms with van der Waals surface area (Å²) in [5.74, 6) is -0.178. The molecule has 0 saturated carbocycles. The van der Waals surface area contributed by atoms with Crippen molar-refractivity contribution in [2.24, 2.45) is 5.73 Å². The van der Waals surface area contributed by atoms with Crippen LogP contribution in [0.25, 0.3) is 10.9 Å². The SMILES string of the molecule is NC1CCc2cc3ccc(F)cc3n2C1. The van der Waals surface area contributed by atoms with Crippen LogP contribution in [0.15, 0.2) is 24.3 Å². The lowest BCUT2D eigenvalue weighted by Gasteiger charge is -2.21. The molecule has 1 unspecified atom stereocenters. The van der Waals surface area contributed by atoms with Crippen LogP contribution in [0.2, 0.25) is 0 Å². The Morgan fingerprint density at radius 3 is 3.07 bits per heavy atom. The Morgan fingerprint density at radius 1 is 1.33 bits per heavy atom. The molecule has 2 heterocycles. The summed E-state index contributed by atoms with van der Waals surface area (Å²) in [5.41, 5.74) is 8.17. The highest BCUT2D eigenvalue weighted by Gasteiger charge is 2.17. The van der Waals surface area contributed by atoms with Gasteiger partial charge in [-0.2, -0.15) is 0 Å². The summed E-state index contributed by atoms with van der Waals surface area (Å²) in [6.07, 6.45) is 2.02. The number of halogens is 1. The van der Waals surface area contributed by atoms with Gasteiger partial charge < -0.3 is 10.3 Å². The lowest BCUT2D eigenvalue weighted by molar-refractivity contribution is 0.469. The Labute approximate surface area is 87.5 Å². The molecule has 3 rings (SSSR count). The highest BCUT2D eigenvalue weighted by Crippen LogP contribution is 2.25. The highest BCUT2D eigenvalue weighted by atomic mass is 19.1. The zero-order chi connectivity index (χ0) is 10.4. The molecule has 78 valence electrons. The highest BCUT2D eigenvalue weighted by molar-refractivity contribution is 5.81. The number of fused-ring (bicyclic) bond motifs is 3. The van der Waals surface area contributed by atoms with Gasteiger partial charge in [-0.1, -0.05) is 0 Å².